The van der Waals surface area contributed by atoms with Crippen molar-refractivity contribution in [3.05, 3.63) is 63.6 Å². The van der Waals surface area contributed by atoms with Crippen LogP contribution >= 0.6 is 15.9 Å². The van der Waals surface area contributed by atoms with Gasteiger partial charge in [0, 0.05) is 21.9 Å². The lowest BCUT2D eigenvalue weighted by atomic mass is 10.0. The number of rotatable bonds is 6. The average molecular weight is 468 g/mol. The highest BCUT2D eigenvalue weighted by molar-refractivity contribution is 9.10. The van der Waals surface area contributed by atoms with Crippen molar-refractivity contribution in [2.75, 3.05) is 16.4 Å². The number of hydrogen-bond acceptors (Lipinski definition) is 4. The predicted octanol–water partition coefficient (Wildman–Crippen LogP) is 2.90. The summed E-state index contributed by atoms with van der Waals surface area (Å²) in [7, 11) is -3.73. The Hall–Kier alpha value is -1.69. The number of ketones is 1. The third-order valence-corrected chi connectivity index (χ3v) is 5.45. The van der Waals surface area contributed by atoms with Crippen LogP contribution < -0.4 is 4.31 Å². The van der Waals surface area contributed by atoms with Crippen molar-refractivity contribution in [1.82, 2.24) is 0 Å². The van der Waals surface area contributed by atoms with Crippen molar-refractivity contribution in [2.24, 2.45) is 0 Å². The van der Waals surface area contributed by atoms with Crippen molar-refractivity contribution >= 4 is 48.5 Å². The van der Waals surface area contributed by atoms with E-state index in [1.807, 2.05) is 0 Å². The zero-order chi connectivity index (χ0) is 19.6. The van der Waals surface area contributed by atoms with E-state index in [0.717, 1.165) is 30.5 Å². The summed E-state index contributed by atoms with van der Waals surface area (Å²) in [5.41, 5.74) is -0.474. The molecule has 0 fully saturated rings. The molecule has 0 saturated heterocycles. The SMILES string of the molecule is CS(=O)(=O)CN(c1cc(Br)c(C(=O)c2ccc(F)cc2)cc1F)S(=O)O. The maximum absolute atomic E-state index is 14.4. The monoisotopic (exact) mass is 467 g/mol. The van der Waals surface area contributed by atoms with Gasteiger partial charge in [-0.1, -0.05) is 0 Å². The van der Waals surface area contributed by atoms with Crippen LogP contribution in [0.3, 0.4) is 0 Å². The predicted molar refractivity (Wildman–Crippen MR) is 96.9 cm³/mol. The molecule has 1 unspecified atom stereocenters. The van der Waals surface area contributed by atoms with E-state index in [4.69, 9.17) is 0 Å². The first-order chi connectivity index (χ1) is 12.0. The quantitative estimate of drug-likeness (QED) is 0.520. The average Bonchev–Trinajstić information content (AvgIpc) is 2.53. The van der Waals surface area contributed by atoms with Crippen LogP contribution in [0.2, 0.25) is 0 Å². The van der Waals surface area contributed by atoms with E-state index in [1.54, 1.807) is 0 Å². The lowest BCUT2D eigenvalue weighted by Gasteiger charge is -2.20. The Morgan fingerprint density at radius 2 is 1.81 bits per heavy atom. The van der Waals surface area contributed by atoms with Gasteiger partial charge in [-0.3, -0.25) is 13.7 Å². The molecule has 1 atom stereocenters. The first kappa shape index (κ1) is 20.6. The molecule has 0 spiro atoms. The fraction of sp³-hybridized carbons (Fsp3) is 0.133. The lowest BCUT2D eigenvalue weighted by molar-refractivity contribution is 0.103. The first-order valence-electron chi connectivity index (χ1n) is 6.85. The number of hydrogen-bond donors (Lipinski definition) is 1. The molecule has 0 bridgehead atoms. The molecule has 2 aromatic rings. The van der Waals surface area contributed by atoms with Crippen LogP contribution in [-0.4, -0.2) is 35.1 Å². The molecule has 1 N–H and O–H groups in total. The Balaban J connectivity index is 2.48. The Kier molecular flexibility index (Phi) is 6.27. The van der Waals surface area contributed by atoms with Crippen LogP contribution in [0.25, 0.3) is 0 Å². The molecule has 0 radical (unpaired) electrons. The zero-order valence-corrected chi connectivity index (χ0v) is 16.4. The highest BCUT2D eigenvalue weighted by Crippen LogP contribution is 2.30. The fourth-order valence-corrected chi connectivity index (χ4v) is 4.39. The molecule has 0 heterocycles. The lowest BCUT2D eigenvalue weighted by Crippen LogP contribution is -2.31. The minimum Gasteiger partial charge on any atom is -0.289 e. The second-order valence-corrected chi connectivity index (χ2v) is 9.15. The summed E-state index contributed by atoms with van der Waals surface area (Å²) in [5, 5.41) is 0. The molecule has 11 heteroatoms. The smallest absolute Gasteiger partial charge is 0.262 e. The van der Waals surface area contributed by atoms with Gasteiger partial charge in [-0.25, -0.2) is 21.4 Å². The van der Waals surface area contributed by atoms with E-state index in [1.165, 1.54) is 12.1 Å². The second-order valence-electron chi connectivity index (χ2n) is 5.28. The van der Waals surface area contributed by atoms with Crippen molar-refractivity contribution in [1.29, 1.82) is 0 Å². The van der Waals surface area contributed by atoms with Gasteiger partial charge in [0.05, 0.1) is 5.69 Å². The molecule has 0 aromatic heterocycles. The highest BCUT2D eigenvalue weighted by Gasteiger charge is 2.24. The van der Waals surface area contributed by atoms with Crippen LogP contribution in [0.4, 0.5) is 14.5 Å². The van der Waals surface area contributed by atoms with Crippen LogP contribution in [-0.2, 0) is 21.1 Å². The third kappa shape index (κ3) is 4.93. The van der Waals surface area contributed by atoms with Crippen LogP contribution in [0, 0.1) is 11.6 Å². The Morgan fingerprint density at radius 3 is 2.31 bits per heavy atom. The number of halogens is 3. The topological polar surface area (TPSA) is 91.8 Å². The molecule has 0 saturated carbocycles. The highest BCUT2D eigenvalue weighted by atomic mass is 79.9. The van der Waals surface area contributed by atoms with E-state index in [-0.39, 0.29) is 15.6 Å². The summed E-state index contributed by atoms with van der Waals surface area (Å²) >= 11 is 0.264. The van der Waals surface area contributed by atoms with Crippen LogP contribution in [0.5, 0.6) is 0 Å². The third-order valence-electron chi connectivity index (χ3n) is 3.20. The maximum atomic E-state index is 14.4. The molecular formula is C15H12BrF2NO5S2. The molecule has 26 heavy (non-hydrogen) atoms. The second kappa shape index (κ2) is 7.91. The van der Waals surface area contributed by atoms with Gasteiger partial charge < -0.3 is 0 Å². The summed E-state index contributed by atoms with van der Waals surface area (Å²) in [6.45, 7) is 0. The number of carbonyl (C=O) groups is 1. The van der Waals surface area contributed by atoms with Crippen molar-refractivity contribution in [3.8, 4) is 0 Å². The standard InChI is InChI=1S/C15H12BrF2NO5S2/c1-26(23,24)8-19(25(21)22)14-7-12(16)11(6-13(14)18)15(20)9-2-4-10(17)5-3-9/h2-7H,8H2,1H3,(H,21,22). The van der Waals surface area contributed by atoms with Crippen molar-refractivity contribution in [3.63, 3.8) is 0 Å². The minimum absolute atomic E-state index is 0.0761. The number of anilines is 1. The molecule has 2 rings (SSSR count). The maximum Gasteiger partial charge on any atom is 0.262 e. The largest absolute Gasteiger partial charge is 0.289 e. The summed E-state index contributed by atoms with van der Waals surface area (Å²) in [6.07, 6.45) is 0.826. The Labute approximate surface area is 159 Å². The van der Waals surface area contributed by atoms with Gasteiger partial charge >= 0.3 is 0 Å². The van der Waals surface area contributed by atoms with Gasteiger partial charge in [0.2, 0.25) is 0 Å². The van der Waals surface area contributed by atoms with Gasteiger partial charge in [0.1, 0.15) is 17.5 Å². The molecule has 0 aliphatic heterocycles. The molecule has 2 aromatic carbocycles. The van der Waals surface area contributed by atoms with Crippen molar-refractivity contribution in [2.45, 2.75) is 0 Å². The van der Waals surface area contributed by atoms with Gasteiger partial charge in [0.25, 0.3) is 11.3 Å². The molecule has 0 amide bonds. The summed E-state index contributed by atoms with van der Waals surface area (Å²) < 4.78 is 71.4. The van der Waals surface area contributed by atoms with E-state index < -0.39 is 50.1 Å². The molecule has 140 valence electrons. The molecule has 0 aliphatic rings. The van der Waals surface area contributed by atoms with Gasteiger partial charge in [-0.15, -0.1) is 0 Å². The molecular weight excluding hydrogens is 456 g/mol. The number of sulfone groups is 1. The number of nitrogens with zero attached hydrogens (tertiary/aromatic N) is 1. The summed E-state index contributed by atoms with van der Waals surface area (Å²) in [5.74, 6) is -3.11. The summed E-state index contributed by atoms with van der Waals surface area (Å²) in [4.78, 5) is 12.4. The summed E-state index contributed by atoms with van der Waals surface area (Å²) in [6, 6.07) is 6.46. The molecule has 6 nitrogen and oxygen atoms in total. The van der Waals surface area contributed by atoms with Gasteiger partial charge in [-0.2, -0.15) is 0 Å². The van der Waals surface area contributed by atoms with Gasteiger partial charge in [0.15, 0.2) is 15.6 Å². The molecule has 0 aliphatic carbocycles. The normalized spacial score (nSPS) is 12.7. The van der Waals surface area contributed by atoms with Gasteiger partial charge in [-0.05, 0) is 52.3 Å². The minimum atomic E-state index is -3.73. The van der Waals surface area contributed by atoms with Crippen molar-refractivity contribution < 1.29 is 30.8 Å². The Bertz CT molecular complexity index is 980. The first-order valence-corrected chi connectivity index (χ1v) is 10.8. The van der Waals surface area contributed by atoms with E-state index >= 15 is 0 Å². The number of carbonyl (C=O) groups excluding carboxylic acids is 1. The Morgan fingerprint density at radius 1 is 1.23 bits per heavy atom. The van der Waals surface area contributed by atoms with E-state index in [2.05, 4.69) is 15.9 Å². The number of benzene rings is 2. The van der Waals surface area contributed by atoms with Crippen LogP contribution in [0.15, 0.2) is 40.9 Å². The van der Waals surface area contributed by atoms with E-state index in [9.17, 15) is 30.8 Å². The fourth-order valence-electron chi connectivity index (χ4n) is 2.07. The van der Waals surface area contributed by atoms with E-state index in [0.29, 0.717) is 4.31 Å². The van der Waals surface area contributed by atoms with Crippen LogP contribution in [0.1, 0.15) is 15.9 Å². The zero-order valence-electron chi connectivity index (χ0n) is 13.1.